The number of carbonyl (C=O) groups excluding carboxylic acids is 1. The number of aromatic nitrogens is 1. The van der Waals surface area contributed by atoms with Crippen molar-refractivity contribution >= 4 is 36.1 Å². The van der Waals surface area contributed by atoms with E-state index in [2.05, 4.69) is 46.5 Å². The smallest absolute Gasteiger partial charge is 0.308 e. The summed E-state index contributed by atoms with van der Waals surface area (Å²) in [6, 6.07) is 8.06. The number of hydrogen-bond donors (Lipinski definition) is 1. The number of hydrogen-bond acceptors (Lipinski definition) is 4. The van der Waals surface area contributed by atoms with E-state index in [1.807, 2.05) is 45.0 Å². The van der Waals surface area contributed by atoms with Crippen molar-refractivity contribution in [3.63, 3.8) is 0 Å². The Labute approximate surface area is 198 Å². The predicted molar refractivity (Wildman–Crippen MR) is 139 cm³/mol. The van der Waals surface area contributed by atoms with Crippen molar-refractivity contribution in [2.45, 2.75) is 92.0 Å². The van der Waals surface area contributed by atoms with Crippen molar-refractivity contribution in [2.75, 3.05) is 0 Å². The summed E-state index contributed by atoms with van der Waals surface area (Å²) in [5, 5.41) is 1.81. The summed E-state index contributed by atoms with van der Waals surface area (Å²) >= 11 is 0. The number of esters is 1. The van der Waals surface area contributed by atoms with Crippen molar-refractivity contribution in [1.29, 1.82) is 0 Å². The van der Waals surface area contributed by atoms with Gasteiger partial charge in [-0.25, -0.2) is 0 Å². The van der Waals surface area contributed by atoms with Gasteiger partial charge < -0.3 is 18.9 Å². The molecule has 3 aromatic rings. The molecule has 33 heavy (non-hydrogen) atoms. The molecule has 5 nitrogen and oxygen atoms in total. The van der Waals surface area contributed by atoms with E-state index in [4.69, 9.17) is 13.9 Å². The van der Waals surface area contributed by atoms with Crippen molar-refractivity contribution in [1.82, 2.24) is 4.98 Å². The maximum Gasteiger partial charge on any atom is 0.308 e. The Kier molecular flexibility index (Phi) is 7.17. The molecule has 0 saturated carbocycles. The number of H-pyrrole nitrogens is 1. The third-order valence-corrected chi connectivity index (χ3v) is 12.6. The lowest BCUT2D eigenvalue weighted by Gasteiger charge is -2.42. The highest BCUT2D eigenvalue weighted by atomic mass is 28.4. The van der Waals surface area contributed by atoms with Gasteiger partial charge in [-0.1, -0.05) is 59.7 Å². The monoisotopic (exact) mass is 469 g/mol. The van der Waals surface area contributed by atoms with Crippen LogP contribution in [0.15, 0.2) is 24.3 Å². The van der Waals surface area contributed by atoms with E-state index in [-0.39, 0.29) is 12.1 Å². The largest absolute Gasteiger partial charge is 0.541 e. The fourth-order valence-corrected chi connectivity index (χ4v) is 10.7. The quantitative estimate of drug-likeness (QED) is 0.207. The average Bonchev–Trinajstić information content (AvgIpc) is 3.08. The molecule has 1 aromatic heterocycles. The Balaban J connectivity index is 2.47. The minimum absolute atomic E-state index is 0.0872. The molecule has 0 amide bonds. The molecule has 2 aromatic carbocycles. The van der Waals surface area contributed by atoms with Gasteiger partial charge in [-0.3, -0.25) is 4.79 Å². The minimum Gasteiger partial charge on any atom is -0.541 e. The second kappa shape index (κ2) is 9.41. The summed E-state index contributed by atoms with van der Waals surface area (Å²) < 4.78 is 19.3. The molecule has 0 spiro atoms. The van der Waals surface area contributed by atoms with Gasteiger partial charge in [0.25, 0.3) is 8.32 Å². The molecular formula is C27H39NO4Si. The molecule has 3 rings (SSSR count). The molecule has 1 N–H and O–H groups in total. The van der Waals surface area contributed by atoms with Crippen LogP contribution in [0.25, 0.3) is 21.8 Å². The lowest BCUT2D eigenvalue weighted by atomic mass is 10.1. The zero-order valence-corrected chi connectivity index (χ0v) is 22.8. The second-order valence-corrected chi connectivity index (χ2v) is 15.6. The molecule has 0 saturated heterocycles. The van der Waals surface area contributed by atoms with E-state index in [9.17, 15) is 4.79 Å². The van der Waals surface area contributed by atoms with Gasteiger partial charge in [0.05, 0.1) is 17.0 Å². The number of para-hydroxylation sites is 1. The van der Waals surface area contributed by atoms with Crippen LogP contribution >= 0.6 is 0 Å². The summed E-state index contributed by atoms with van der Waals surface area (Å²) in [6.07, 6.45) is -0.0872. The summed E-state index contributed by atoms with van der Waals surface area (Å²) in [5.74, 6) is 1.47. The zero-order chi connectivity index (χ0) is 24.7. The van der Waals surface area contributed by atoms with Crippen LogP contribution in [0.5, 0.6) is 17.2 Å². The van der Waals surface area contributed by atoms with Crippen LogP contribution in [0.2, 0.25) is 16.6 Å². The molecule has 0 radical (unpaired) electrons. The van der Waals surface area contributed by atoms with E-state index >= 15 is 0 Å². The Hall–Kier alpha value is -2.47. The number of ether oxygens (including phenoxy) is 2. The van der Waals surface area contributed by atoms with Gasteiger partial charge in [-0.15, -0.1) is 0 Å². The van der Waals surface area contributed by atoms with Crippen LogP contribution in [-0.4, -0.2) is 25.4 Å². The van der Waals surface area contributed by atoms with E-state index in [0.29, 0.717) is 28.1 Å². The number of nitrogens with one attached hydrogen (secondary N) is 1. The van der Waals surface area contributed by atoms with Crippen LogP contribution < -0.4 is 13.9 Å². The molecule has 0 atom stereocenters. The average molecular weight is 470 g/mol. The van der Waals surface area contributed by atoms with Crippen molar-refractivity contribution in [3.05, 3.63) is 29.8 Å². The summed E-state index contributed by atoms with van der Waals surface area (Å²) in [7, 11) is -2.26. The highest BCUT2D eigenvalue weighted by molar-refractivity contribution is 6.78. The third kappa shape index (κ3) is 4.37. The molecular weight excluding hydrogens is 430 g/mol. The normalized spacial score (nSPS) is 12.5. The van der Waals surface area contributed by atoms with E-state index in [1.165, 1.54) is 6.92 Å². The van der Waals surface area contributed by atoms with Crippen LogP contribution in [0.1, 0.15) is 67.9 Å². The topological polar surface area (TPSA) is 60.6 Å². The number of fused-ring (bicyclic) bond motifs is 3. The molecule has 0 unspecified atom stereocenters. The van der Waals surface area contributed by atoms with Gasteiger partial charge in [0.15, 0.2) is 11.5 Å². The second-order valence-electron chi connectivity index (χ2n) is 10.2. The predicted octanol–water partition coefficient (Wildman–Crippen LogP) is 7.90. The van der Waals surface area contributed by atoms with Gasteiger partial charge >= 0.3 is 5.97 Å². The molecule has 0 bridgehead atoms. The van der Waals surface area contributed by atoms with Crippen LogP contribution in [-0.2, 0) is 4.79 Å². The van der Waals surface area contributed by atoms with Crippen LogP contribution in [0.3, 0.4) is 0 Å². The first-order chi connectivity index (χ1) is 15.4. The summed E-state index contributed by atoms with van der Waals surface area (Å²) in [5.41, 5.74) is 3.94. The Morgan fingerprint density at radius 1 is 0.879 bits per heavy atom. The summed E-state index contributed by atoms with van der Waals surface area (Å²) in [6.45, 7) is 21.1. The first kappa shape index (κ1) is 25.2. The molecule has 0 aliphatic heterocycles. The lowest BCUT2D eigenvalue weighted by molar-refractivity contribution is -0.131. The van der Waals surface area contributed by atoms with Gasteiger partial charge in [-0.05, 0) is 43.5 Å². The van der Waals surface area contributed by atoms with Crippen LogP contribution in [0, 0.1) is 6.92 Å². The number of aromatic amines is 1. The van der Waals surface area contributed by atoms with Gasteiger partial charge in [0.1, 0.15) is 5.75 Å². The van der Waals surface area contributed by atoms with Crippen molar-refractivity contribution < 1.29 is 18.7 Å². The summed E-state index contributed by atoms with van der Waals surface area (Å²) in [4.78, 5) is 15.7. The minimum atomic E-state index is -2.26. The number of carbonyl (C=O) groups is 1. The maximum absolute atomic E-state index is 12.1. The molecule has 180 valence electrons. The molecule has 0 aliphatic carbocycles. The zero-order valence-electron chi connectivity index (χ0n) is 21.8. The fraction of sp³-hybridized carbons (Fsp3) is 0.519. The SMILES string of the molecule is CC(=O)Oc1c(OC(C)C)c(C)c(O[Si](C(C)C)(C(C)C)C(C)C)c2[nH]c3ccccc3c12. The van der Waals surface area contributed by atoms with E-state index < -0.39 is 8.32 Å². The van der Waals surface area contributed by atoms with Gasteiger partial charge in [0.2, 0.25) is 0 Å². The van der Waals surface area contributed by atoms with Crippen LogP contribution in [0.4, 0.5) is 0 Å². The third-order valence-electron chi connectivity index (χ3n) is 6.63. The van der Waals surface area contributed by atoms with E-state index in [1.54, 1.807) is 0 Å². The Bertz CT molecular complexity index is 1140. The van der Waals surface area contributed by atoms with Crippen molar-refractivity contribution in [3.8, 4) is 17.2 Å². The number of benzene rings is 2. The molecule has 6 heteroatoms. The van der Waals surface area contributed by atoms with Gasteiger partial charge in [-0.2, -0.15) is 0 Å². The Morgan fingerprint density at radius 3 is 1.97 bits per heavy atom. The molecule has 0 fully saturated rings. The van der Waals surface area contributed by atoms with Crippen molar-refractivity contribution in [2.24, 2.45) is 0 Å². The standard InChI is InChI=1S/C27H39NO4Si/c1-15(2)30-26-19(9)25(32-33(16(3)4,17(5)6)18(7)8)24-23(27(26)31-20(10)29)21-13-11-12-14-22(21)28-24/h11-18,28H,1-10H3. The molecule has 0 aliphatic rings. The molecule has 1 heterocycles. The van der Waals surface area contributed by atoms with E-state index in [0.717, 1.165) is 33.1 Å². The number of rotatable bonds is 8. The Morgan fingerprint density at radius 2 is 1.45 bits per heavy atom. The highest BCUT2D eigenvalue weighted by Gasteiger charge is 2.48. The maximum atomic E-state index is 12.1. The highest BCUT2D eigenvalue weighted by Crippen LogP contribution is 2.52. The van der Waals surface area contributed by atoms with Gasteiger partial charge in [0, 0.05) is 23.4 Å². The first-order valence-corrected chi connectivity index (χ1v) is 14.2. The lowest BCUT2D eigenvalue weighted by Crippen LogP contribution is -2.50. The first-order valence-electron chi connectivity index (χ1n) is 12.0. The fourth-order valence-electron chi connectivity index (χ4n) is 5.40.